The molecule has 0 aliphatic rings. The molecule has 7 heteroatoms. The van der Waals surface area contributed by atoms with Gasteiger partial charge in [0.05, 0.1) is 18.8 Å². The average molecular weight is 489 g/mol. The smallest absolute Gasteiger partial charge is 0.171 e. The van der Waals surface area contributed by atoms with Gasteiger partial charge in [-0.1, -0.05) is 25.4 Å². The molecule has 0 amide bonds. The largest absolute Gasteiger partial charge is 0.231 e. The molecule has 0 unspecified atom stereocenters. The molecule has 0 radical (unpaired) electrons. The third-order valence-electron chi connectivity index (χ3n) is 2.35. The third-order valence-corrected chi connectivity index (χ3v) is 6.93. The van der Waals surface area contributed by atoms with Crippen molar-refractivity contribution in [2.24, 2.45) is 5.92 Å². The normalized spacial score (nSPS) is 11.3. The van der Waals surface area contributed by atoms with Crippen molar-refractivity contribution < 1.29 is 0 Å². The minimum Gasteiger partial charge on any atom is -0.231 e. The Kier molecular flexibility index (Phi) is 5.45. The molecule has 0 fully saturated rings. The summed E-state index contributed by atoms with van der Waals surface area (Å²) < 4.78 is 2.82. The SMILES string of the molecule is CC(C)Cc1nc(-c2cc(Br)c(Br)s2)nc(Cl)c1Br. The molecule has 0 saturated heterocycles. The Morgan fingerprint density at radius 3 is 2.47 bits per heavy atom. The maximum atomic E-state index is 6.18. The number of thiophene rings is 1. The fourth-order valence-electron chi connectivity index (χ4n) is 1.55. The van der Waals surface area contributed by atoms with E-state index in [9.17, 15) is 0 Å². The van der Waals surface area contributed by atoms with Crippen LogP contribution in [0.2, 0.25) is 5.15 Å². The summed E-state index contributed by atoms with van der Waals surface area (Å²) in [6.07, 6.45) is 0.865. The minimum absolute atomic E-state index is 0.460. The summed E-state index contributed by atoms with van der Waals surface area (Å²) in [7, 11) is 0. The van der Waals surface area contributed by atoms with Gasteiger partial charge in [-0.15, -0.1) is 11.3 Å². The Labute approximate surface area is 146 Å². The van der Waals surface area contributed by atoms with Crippen molar-refractivity contribution in [1.29, 1.82) is 0 Å². The van der Waals surface area contributed by atoms with Crippen LogP contribution < -0.4 is 0 Å². The van der Waals surface area contributed by atoms with Crippen LogP contribution in [0, 0.1) is 5.92 Å². The number of nitrogens with zero attached hydrogens (tertiary/aromatic N) is 2. The maximum Gasteiger partial charge on any atom is 0.171 e. The first kappa shape index (κ1) is 15.9. The van der Waals surface area contributed by atoms with Gasteiger partial charge in [-0.05, 0) is 66.2 Å². The van der Waals surface area contributed by atoms with E-state index in [2.05, 4.69) is 71.6 Å². The van der Waals surface area contributed by atoms with Crippen LogP contribution in [-0.2, 0) is 6.42 Å². The molecule has 2 aromatic rings. The third kappa shape index (κ3) is 3.79. The number of hydrogen-bond donors (Lipinski definition) is 0. The van der Waals surface area contributed by atoms with Crippen LogP contribution in [0.25, 0.3) is 10.7 Å². The first-order chi connectivity index (χ1) is 8.88. The number of halogens is 4. The van der Waals surface area contributed by atoms with E-state index in [1.54, 1.807) is 11.3 Å². The number of hydrogen-bond acceptors (Lipinski definition) is 3. The molecule has 0 aliphatic carbocycles. The van der Waals surface area contributed by atoms with Gasteiger partial charge in [0, 0.05) is 4.47 Å². The number of rotatable bonds is 3. The highest BCUT2D eigenvalue weighted by molar-refractivity contribution is 9.13. The van der Waals surface area contributed by atoms with Gasteiger partial charge in [-0.25, -0.2) is 9.97 Å². The maximum absolute atomic E-state index is 6.18. The Balaban J connectivity index is 2.49. The lowest BCUT2D eigenvalue weighted by atomic mass is 10.1. The van der Waals surface area contributed by atoms with Crippen molar-refractivity contribution in [2.45, 2.75) is 20.3 Å². The van der Waals surface area contributed by atoms with Crippen LogP contribution >= 0.6 is 70.7 Å². The first-order valence-corrected chi connectivity index (χ1v) is 9.13. The highest BCUT2D eigenvalue weighted by atomic mass is 79.9. The second-order valence-corrected chi connectivity index (χ2v) is 8.80. The highest BCUT2D eigenvalue weighted by Gasteiger charge is 2.15. The first-order valence-electron chi connectivity index (χ1n) is 5.55. The van der Waals surface area contributed by atoms with Crippen molar-refractivity contribution in [3.8, 4) is 10.7 Å². The molecule has 0 aromatic carbocycles. The average Bonchev–Trinajstić information content (AvgIpc) is 2.65. The van der Waals surface area contributed by atoms with E-state index in [0.29, 0.717) is 16.9 Å². The molecule has 0 saturated carbocycles. The van der Waals surface area contributed by atoms with Crippen molar-refractivity contribution in [2.75, 3.05) is 0 Å². The Bertz CT molecular complexity index is 594. The van der Waals surface area contributed by atoms with E-state index in [1.165, 1.54) is 0 Å². The zero-order valence-electron chi connectivity index (χ0n) is 10.2. The van der Waals surface area contributed by atoms with Crippen LogP contribution in [-0.4, -0.2) is 9.97 Å². The summed E-state index contributed by atoms with van der Waals surface area (Å²) in [6, 6.07) is 1.99. The molecule has 0 atom stereocenters. The fraction of sp³-hybridized carbons (Fsp3) is 0.333. The predicted octanol–water partition coefficient (Wildman–Crippen LogP) is 6.34. The zero-order chi connectivity index (χ0) is 14.2. The summed E-state index contributed by atoms with van der Waals surface area (Å²) in [5, 5.41) is 0.460. The van der Waals surface area contributed by atoms with Crippen LogP contribution in [0.4, 0.5) is 0 Å². The standard InChI is InChI=1S/C12H10Br3ClN2S/c1-5(2)3-7-9(14)11(16)18-12(17-7)8-4-6(13)10(15)19-8/h4-5H,3H2,1-2H3. The molecule has 2 aromatic heterocycles. The van der Waals surface area contributed by atoms with Gasteiger partial charge in [0.1, 0.15) is 5.15 Å². The van der Waals surface area contributed by atoms with E-state index < -0.39 is 0 Å². The van der Waals surface area contributed by atoms with E-state index in [4.69, 9.17) is 11.6 Å². The molecule has 2 nitrogen and oxygen atoms in total. The van der Waals surface area contributed by atoms with Gasteiger partial charge in [0.2, 0.25) is 0 Å². The van der Waals surface area contributed by atoms with Gasteiger partial charge >= 0.3 is 0 Å². The summed E-state index contributed by atoms with van der Waals surface area (Å²) in [5.41, 5.74) is 0.950. The molecule has 2 heterocycles. The Morgan fingerprint density at radius 2 is 1.95 bits per heavy atom. The summed E-state index contributed by atoms with van der Waals surface area (Å²) in [6.45, 7) is 4.31. The quantitative estimate of drug-likeness (QED) is 0.470. The van der Waals surface area contributed by atoms with Crippen molar-refractivity contribution in [3.63, 3.8) is 0 Å². The molecular formula is C12H10Br3ClN2S. The number of aromatic nitrogens is 2. The highest BCUT2D eigenvalue weighted by Crippen LogP contribution is 2.38. The molecule has 0 bridgehead atoms. The van der Waals surface area contributed by atoms with E-state index in [0.717, 1.165) is 29.7 Å². The molecule has 102 valence electrons. The summed E-state index contributed by atoms with van der Waals surface area (Å²) >= 11 is 18.2. The lowest BCUT2D eigenvalue weighted by Crippen LogP contribution is -2.02. The molecule has 19 heavy (non-hydrogen) atoms. The summed E-state index contributed by atoms with van der Waals surface area (Å²) in [5.74, 6) is 1.18. The van der Waals surface area contributed by atoms with Gasteiger partial charge in [0.25, 0.3) is 0 Å². The Hall–Kier alpha value is 0.510. The topological polar surface area (TPSA) is 25.8 Å². The van der Waals surface area contributed by atoms with Gasteiger partial charge < -0.3 is 0 Å². The van der Waals surface area contributed by atoms with E-state index >= 15 is 0 Å². The van der Waals surface area contributed by atoms with Crippen LogP contribution in [0.15, 0.2) is 18.8 Å². The summed E-state index contributed by atoms with van der Waals surface area (Å²) in [4.78, 5) is 9.95. The van der Waals surface area contributed by atoms with Gasteiger partial charge in [0.15, 0.2) is 5.82 Å². The molecular weight excluding hydrogens is 479 g/mol. The van der Waals surface area contributed by atoms with Crippen molar-refractivity contribution in [3.05, 3.63) is 29.6 Å². The van der Waals surface area contributed by atoms with Gasteiger partial charge in [-0.3, -0.25) is 0 Å². The molecule has 2 rings (SSSR count). The Morgan fingerprint density at radius 1 is 1.26 bits per heavy atom. The van der Waals surface area contributed by atoms with Crippen LogP contribution in [0.3, 0.4) is 0 Å². The monoisotopic (exact) mass is 486 g/mol. The van der Waals surface area contributed by atoms with Crippen molar-refractivity contribution in [1.82, 2.24) is 9.97 Å². The van der Waals surface area contributed by atoms with Crippen LogP contribution in [0.1, 0.15) is 19.5 Å². The zero-order valence-corrected chi connectivity index (χ0v) is 16.5. The molecule has 0 aliphatic heterocycles. The fourth-order valence-corrected chi connectivity index (χ4v) is 4.05. The van der Waals surface area contributed by atoms with Gasteiger partial charge in [-0.2, -0.15) is 0 Å². The lowest BCUT2D eigenvalue weighted by Gasteiger charge is -2.09. The van der Waals surface area contributed by atoms with Crippen molar-refractivity contribution >= 4 is 70.7 Å². The minimum atomic E-state index is 0.460. The predicted molar refractivity (Wildman–Crippen MR) is 92.0 cm³/mol. The van der Waals surface area contributed by atoms with E-state index in [1.807, 2.05) is 6.07 Å². The second-order valence-electron chi connectivity index (χ2n) is 4.43. The lowest BCUT2D eigenvalue weighted by molar-refractivity contribution is 0.632. The van der Waals surface area contributed by atoms with Crippen LogP contribution in [0.5, 0.6) is 0 Å². The molecule has 0 spiro atoms. The second kappa shape index (κ2) is 6.52. The molecule has 0 N–H and O–H groups in total. The van der Waals surface area contributed by atoms with E-state index in [-0.39, 0.29) is 0 Å².